The van der Waals surface area contributed by atoms with Gasteiger partial charge in [0.05, 0.1) is 16.6 Å². The van der Waals surface area contributed by atoms with Gasteiger partial charge in [0.25, 0.3) is 0 Å². The Kier molecular flexibility index (Phi) is 3.64. The van der Waals surface area contributed by atoms with Gasteiger partial charge in [0.2, 0.25) is 0 Å². The van der Waals surface area contributed by atoms with E-state index in [0.29, 0.717) is 16.9 Å². The molecule has 94 valence electrons. The lowest BCUT2D eigenvalue weighted by molar-refractivity contribution is 0.647. The molecule has 4 nitrogen and oxygen atoms in total. The van der Waals surface area contributed by atoms with E-state index in [-0.39, 0.29) is 5.25 Å². The van der Waals surface area contributed by atoms with E-state index in [9.17, 15) is 4.21 Å². The quantitative estimate of drug-likeness (QED) is 0.877. The number of imidazole rings is 1. The number of fused-ring (bicyclic) bond motifs is 1. The molecular weight excluding hydrogens is 266 g/mol. The van der Waals surface area contributed by atoms with Crippen LogP contribution in [0.2, 0.25) is 0 Å². The minimum Gasteiger partial charge on any atom is -0.329 e. The molecule has 0 saturated carbocycles. The summed E-state index contributed by atoms with van der Waals surface area (Å²) in [5, 5.41) is 9.06. The first kappa shape index (κ1) is 13.0. The highest BCUT2D eigenvalue weighted by Gasteiger charge is 2.12. The van der Waals surface area contributed by atoms with Crippen LogP contribution in [-0.2, 0) is 17.3 Å². The maximum Gasteiger partial charge on any atom is 0.178 e. The number of nitriles is 1. The maximum absolute atomic E-state index is 11.4. The molecule has 1 N–H and O–H groups in total. The predicted molar refractivity (Wildman–Crippen MR) is 75.4 cm³/mol. The SMILES string of the molecule is CC(Cn1c(=S)[nH]c2c(C#N)cccc21)S(C)=O. The molecule has 0 spiro atoms. The van der Waals surface area contributed by atoms with E-state index in [1.165, 1.54) is 0 Å². The van der Waals surface area contributed by atoms with Crippen LogP contribution in [0, 0.1) is 16.1 Å². The second-order valence-corrected chi connectivity index (χ2v) is 6.35. The highest BCUT2D eigenvalue weighted by molar-refractivity contribution is 7.84. The van der Waals surface area contributed by atoms with Crippen LogP contribution in [0.25, 0.3) is 11.0 Å². The van der Waals surface area contributed by atoms with Crippen LogP contribution in [-0.4, -0.2) is 25.3 Å². The van der Waals surface area contributed by atoms with Crippen LogP contribution in [0.1, 0.15) is 12.5 Å². The number of hydrogen-bond acceptors (Lipinski definition) is 3. The van der Waals surface area contributed by atoms with Gasteiger partial charge in [-0.1, -0.05) is 6.07 Å². The number of H-pyrrole nitrogens is 1. The normalized spacial score (nSPS) is 14.3. The molecule has 0 bridgehead atoms. The number of aromatic amines is 1. The summed E-state index contributed by atoms with van der Waals surface area (Å²) in [7, 11) is -0.899. The van der Waals surface area contributed by atoms with Gasteiger partial charge in [0, 0.05) is 28.9 Å². The van der Waals surface area contributed by atoms with Crippen molar-refractivity contribution in [2.75, 3.05) is 6.26 Å². The van der Waals surface area contributed by atoms with Crippen LogP contribution in [0.4, 0.5) is 0 Å². The largest absolute Gasteiger partial charge is 0.329 e. The number of nitrogens with zero attached hydrogens (tertiary/aromatic N) is 2. The molecule has 6 heteroatoms. The van der Waals surface area contributed by atoms with Crippen molar-refractivity contribution in [1.29, 1.82) is 5.26 Å². The minimum absolute atomic E-state index is 0.0152. The molecule has 0 aliphatic rings. The summed E-state index contributed by atoms with van der Waals surface area (Å²) in [4.78, 5) is 3.05. The first-order valence-corrected chi connectivity index (χ1v) is 7.51. The van der Waals surface area contributed by atoms with E-state index in [1.54, 1.807) is 12.3 Å². The van der Waals surface area contributed by atoms with Crippen molar-refractivity contribution in [2.45, 2.75) is 18.7 Å². The second kappa shape index (κ2) is 5.04. The van der Waals surface area contributed by atoms with Gasteiger partial charge in [-0.2, -0.15) is 5.26 Å². The molecule has 2 unspecified atom stereocenters. The van der Waals surface area contributed by atoms with E-state index >= 15 is 0 Å². The Labute approximate surface area is 113 Å². The van der Waals surface area contributed by atoms with Gasteiger partial charge in [-0.05, 0) is 31.3 Å². The Hall–Kier alpha value is -1.45. The lowest BCUT2D eigenvalue weighted by Gasteiger charge is -2.10. The van der Waals surface area contributed by atoms with Crippen molar-refractivity contribution in [3.05, 3.63) is 28.5 Å². The molecule has 0 aliphatic carbocycles. The van der Waals surface area contributed by atoms with Crippen LogP contribution < -0.4 is 0 Å². The van der Waals surface area contributed by atoms with E-state index in [1.807, 2.05) is 23.6 Å². The third-order valence-electron chi connectivity index (χ3n) is 2.94. The first-order chi connectivity index (χ1) is 8.54. The molecule has 0 amide bonds. The number of nitrogens with one attached hydrogen (secondary N) is 1. The van der Waals surface area contributed by atoms with Gasteiger partial charge in [-0.15, -0.1) is 0 Å². The summed E-state index contributed by atoms with van der Waals surface area (Å²) in [5.41, 5.74) is 2.21. The van der Waals surface area contributed by atoms with Crippen molar-refractivity contribution >= 4 is 34.1 Å². The molecule has 18 heavy (non-hydrogen) atoms. The maximum atomic E-state index is 11.4. The van der Waals surface area contributed by atoms with Gasteiger partial charge < -0.3 is 9.55 Å². The van der Waals surface area contributed by atoms with Crippen molar-refractivity contribution < 1.29 is 4.21 Å². The van der Waals surface area contributed by atoms with Crippen molar-refractivity contribution in [2.24, 2.45) is 0 Å². The highest BCUT2D eigenvalue weighted by Crippen LogP contribution is 2.18. The van der Waals surface area contributed by atoms with E-state index in [2.05, 4.69) is 11.1 Å². The minimum atomic E-state index is -0.899. The van der Waals surface area contributed by atoms with Gasteiger partial charge in [-0.3, -0.25) is 4.21 Å². The molecular formula is C12H13N3OS2. The fourth-order valence-electron chi connectivity index (χ4n) is 1.82. The standard InChI is InChI=1S/C12H13N3OS2/c1-8(18(2)16)7-15-10-5-3-4-9(6-13)11(10)14-12(15)17/h3-5,8H,7H2,1-2H3,(H,14,17). The third kappa shape index (κ3) is 2.24. The van der Waals surface area contributed by atoms with Crippen LogP contribution in [0.3, 0.4) is 0 Å². The monoisotopic (exact) mass is 279 g/mol. The smallest absolute Gasteiger partial charge is 0.178 e. The molecule has 0 fully saturated rings. The topological polar surface area (TPSA) is 61.6 Å². The Morgan fingerprint density at radius 1 is 1.61 bits per heavy atom. The molecule has 0 radical (unpaired) electrons. The summed E-state index contributed by atoms with van der Waals surface area (Å²) in [6.45, 7) is 2.50. The Balaban J connectivity index is 2.59. The predicted octanol–water partition coefficient (Wildman–Crippen LogP) is 2.34. The molecule has 1 heterocycles. The van der Waals surface area contributed by atoms with Crippen LogP contribution >= 0.6 is 12.2 Å². The van der Waals surface area contributed by atoms with Gasteiger partial charge in [0.15, 0.2) is 4.77 Å². The summed E-state index contributed by atoms with van der Waals surface area (Å²) in [6.07, 6.45) is 1.68. The van der Waals surface area contributed by atoms with Crippen molar-refractivity contribution in [3.8, 4) is 6.07 Å². The Morgan fingerprint density at radius 2 is 2.33 bits per heavy atom. The summed E-state index contributed by atoms with van der Waals surface area (Å²) < 4.78 is 13.9. The molecule has 2 atom stereocenters. The van der Waals surface area contributed by atoms with Crippen molar-refractivity contribution in [3.63, 3.8) is 0 Å². The van der Waals surface area contributed by atoms with E-state index in [4.69, 9.17) is 17.5 Å². The zero-order valence-corrected chi connectivity index (χ0v) is 11.8. The number of para-hydroxylation sites is 1. The van der Waals surface area contributed by atoms with Crippen molar-refractivity contribution in [1.82, 2.24) is 9.55 Å². The number of benzene rings is 1. The first-order valence-electron chi connectivity index (χ1n) is 5.48. The average Bonchev–Trinajstić information content (AvgIpc) is 2.65. The Bertz CT molecular complexity index is 708. The lowest BCUT2D eigenvalue weighted by atomic mass is 10.2. The summed E-state index contributed by atoms with van der Waals surface area (Å²) in [5.74, 6) is 0. The molecule has 2 rings (SSSR count). The fraction of sp³-hybridized carbons (Fsp3) is 0.333. The van der Waals surface area contributed by atoms with Crippen LogP contribution in [0.5, 0.6) is 0 Å². The molecule has 1 aromatic carbocycles. The number of hydrogen-bond donors (Lipinski definition) is 1. The molecule has 2 aromatic rings. The fourth-order valence-corrected chi connectivity index (χ4v) is 2.45. The van der Waals surface area contributed by atoms with E-state index < -0.39 is 10.8 Å². The molecule has 1 aromatic heterocycles. The second-order valence-electron chi connectivity index (χ2n) is 4.16. The number of rotatable bonds is 3. The van der Waals surface area contributed by atoms with Gasteiger partial charge in [-0.25, -0.2) is 0 Å². The van der Waals surface area contributed by atoms with Gasteiger partial charge in [0.1, 0.15) is 6.07 Å². The van der Waals surface area contributed by atoms with Crippen LogP contribution in [0.15, 0.2) is 18.2 Å². The third-order valence-corrected chi connectivity index (χ3v) is 4.54. The lowest BCUT2D eigenvalue weighted by Crippen LogP contribution is -2.17. The summed E-state index contributed by atoms with van der Waals surface area (Å²) in [6, 6.07) is 7.62. The molecule has 0 aliphatic heterocycles. The zero-order chi connectivity index (χ0) is 13.3. The van der Waals surface area contributed by atoms with E-state index in [0.717, 1.165) is 11.0 Å². The highest BCUT2D eigenvalue weighted by atomic mass is 32.2. The molecule has 0 saturated heterocycles. The Morgan fingerprint density at radius 3 is 2.94 bits per heavy atom. The average molecular weight is 279 g/mol. The van der Waals surface area contributed by atoms with Gasteiger partial charge >= 0.3 is 0 Å². The number of aromatic nitrogens is 2. The summed E-state index contributed by atoms with van der Waals surface area (Å²) >= 11 is 5.26. The zero-order valence-electron chi connectivity index (χ0n) is 10.1.